The number of hydrogen-bond acceptors (Lipinski definition) is 6. The van der Waals surface area contributed by atoms with E-state index in [1.165, 1.54) is 16.3 Å². The van der Waals surface area contributed by atoms with Crippen LogP contribution in [0.2, 0.25) is 0 Å². The van der Waals surface area contributed by atoms with Crippen molar-refractivity contribution in [2.24, 2.45) is 7.05 Å². The van der Waals surface area contributed by atoms with Crippen molar-refractivity contribution in [3.05, 3.63) is 10.5 Å². The van der Waals surface area contributed by atoms with Gasteiger partial charge in [0, 0.05) is 45.5 Å². The third kappa shape index (κ3) is 3.58. The van der Waals surface area contributed by atoms with Gasteiger partial charge in [0.2, 0.25) is 0 Å². The van der Waals surface area contributed by atoms with Crippen molar-refractivity contribution in [2.45, 2.75) is 11.3 Å². The molecular weight excluding hydrogens is 254 g/mol. The normalized spacial score (nSPS) is 19.0. The van der Waals surface area contributed by atoms with E-state index in [1.807, 2.05) is 0 Å². The van der Waals surface area contributed by atoms with Gasteiger partial charge in [-0.2, -0.15) is 0 Å². The highest BCUT2D eigenvalue weighted by molar-refractivity contribution is 7.99. The third-order valence-electron chi connectivity index (χ3n) is 2.92. The lowest BCUT2D eigenvalue weighted by atomic mass is 10.3. The van der Waals surface area contributed by atoms with E-state index in [4.69, 9.17) is 0 Å². The molecule has 0 amide bonds. The van der Waals surface area contributed by atoms with Crippen LogP contribution in [0.1, 0.15) is 0 Å². The van der Waals surface area contributed by atoms with E-state index >= 15 is 0 Å². The van der Waals surface area contributed by atoms with Gasteiger partial charge in [0.05, 0.1) is 6.10 Å². The van der Waals surface area contributed by atoms with Crippen LogP contribution < -0.4 is 11.0 Å². The standard InChI is InChI=1S/C10H19N5O2S/c1-14-9(17)12-13-10(14)18-7-8(16)6-15-4-2-11-3-5-15/h8,11,16H,2-7H2,1H3,(H,12,17). The van der Waals surface area contributed by atoms with Crippen LogP contribution in [0.25, 0.3) is 0 Å². The summed E-state index contributed by atoms with van der Waals surface area (Å²) in [6, 6.07) is 0. The fourth-order valence-corrected chi connectivity index (χ4v) is 2.71. The van der Waals surface area contributed by atoms with E-state index in [0.717, 1.165) is 26.2 Å². The zero-order chi connectivity index (χ0) is 13.0. The molecule has 0 saturated carbocycles. The van der Waals surface area contributed by atoms with Crippen LogP contribution in [-0.4, -0.2) is 69.4 Å². The van der Waals surface area contributed by atoms with E-state index in [9.17, 15) is 9.90 Å². The monoisotopic (exact) mass is 273 g/mol. The maximum absolute atomic E-state index is 11.2. The average molecular weight is 273 g/mol. The Bertz CT molecular complexity index is 426. The number of aromatic amines is 1. The van der Waals surface area contributed by atoms with Gasteiger partial charge in [-0.25, -0.2) is 9.89 Å². The van der Waals surface area contributed by atoms with Crippen LogP contribution >= 0.6 is 11.8 Å². The van der Waals surface area contributed by atoms with Gasteiger partial charge >= 0.3 is 5.69 Å². The summed E-state index contributed by atoms with van der Waals surface area (Å²) in [4.78, 5) is 13.4. The van der Waals surface area contributed by atoms with Crippen LogP contribution in [0, 0.1) is 0 Å². The van der Waals surface area contributed by atoms with E-state index < -0.39 is 6.10 Å². The largest absolute Gasteiger partial charge is 0.391 e. The molecule has 8 heteroatoms. The van der Waals surface area contributed by atoms with Gasteiger partial charge in [-0.05, 0) is 0 Å². The minimum absolute atomic E-state index is 0.228. The first-order valence-corrected chi connectivity index (χ1v) is 7.00. The van der Waals surface area contributed by atoms with Crippen molar-refractivity contribution < 1.29 is 5.11 Å². The summed E-state index contributed by atoms with van der Waals surface area (Å²) in [6.45, 7) is 4.58. The maximum Gasteiger partial charge on any atom is 0.343 e. The first-order valence-electron chi connectivity index (χ1n) is 6.02. The van der Waals surface area contributed by atoms with Gasteiger partial charge in [0.25, 0.3) is 0 Å². The lowest BCUT2D eigenvalue weighted by Crippen LogP contribution is -2.46. The molecule has 7 nitrogen and oxygen atoms in total. The van der Waals surface area contributed by atoms with Gasteiger partial charge in [0.1, 0.15) is 0 Å². The summed E-state index contributed by atoms with van der Waals surface area (Å²) >= 11 is 1.39. The number of nitrogens with zero attached hydrogens (tertiary/aromatic N) is 3. The van der Waals surface area contributed by atoms with E-state index in [-0.39, 0.29) is 5.69 Å². The molecule has 2 heterocycles. The van der Waals surface area contributed by atoms with Crippen LogP contribution in [0.4, 0.5) is 0 Å². The molecule has 1 aliphatic rings. The number of rotatable bonds is 5. The second-order valence-corrected chi connectivity index (χ2v) is 5.37. The summed E-state index contributed by atoms with van der Waals surface area (Å²) in [6.07, 6.45) is -0.403. The van der Waals surface area contributed by atoms with Crippen LogP contribution in [0.3, 0.4) is 0 Å². The quantitative estimate of drug-likeness (QED) is 0.564. The number of β-amino-alcohol motifs (C(OH)–C–C–N with tert-alkyl or cyclic N) is 1. The summed E-state index contributed by atoms with van der Waals surface area (Å²) in [5, 5.41) is 20.1. The molecule has 0 aromatic carbocycles. The number of thioether (sulfide) groups is 1. The summed E-state index contributed by atoms with van der Waals surface area (Å²) in [5.74, 6) is 0.544. The minimum atomic E-state index is -0.403. The average Bonchev–Trinajstić information content (AvgIpc) is 2.69. The molecule has 0 spiro atoms. The second-order valence-electron chi connectivity index (χ2n) is 4.39. The Kier molecular flexibility index (Phi) is 4.81. The second kappa shape index (κ2) is 6.37. The molecule has 0 bridgehead atoms. The number of aromatic nitrogens is 3. The van der Waals surface area contributed by atoms with Crippen LogP contribution in [0.15, 0.2) is 9.95 Å². The Labute approximate surface area is 110 Å². The summed E-state index contributed by atoms with van der Waals surface area (Å²) < 4.78 is 1.45. The lowest BCUT2D eigenvalue weighted by molar-refractivity contribution is 0.121. The van der Waals surface area contributed by atoms with Crippen molar-refractivity contribution in [3.63, 3.8) is 0 Å². The van der Waals surface area contributed by atoms with Crippen molar-refractivity contribution in [1.29, 1.82) is 0 Å². The van der Waals surface area contributed by atoms with Gasteiger partial charge in [-0.15, -0.1) is 5.10 Å². The Morgan fingerprint density at radius 2 is 2.22 bits per heavy atom. The van der Waals surface area contributed by atoms with Crippen molar-refractivity contribution >= 4 is 11.8 Å². The fraction of sp³-hybridized carbons (Fsp3) is 0.800. The van der Waals surface area contributed by atoms with Crippen molar-refractivity contribution in [1.82, 2.24) is 25.0 Å². The zero-order valence-corrected chi connectivity index (χ0v) is 11.2. The Morgan fingerprint density at radius 1 is 1.50 bits per heavy atom. The molecule has 2 rings (SSSR count). The number of aliphatic hydroxyl groups is 1. The molecule has 1 saturated heterocycles. The predicted octanol–water partition coefficient (Wildman–Crippen LogP) is -1.53. The van der Waals surface area contributed by atoms with Crippen LogP contribution in [-0.2, 0) is 7.05 Å². The molecule has 0 aliphatic carbocycles. The Morgan fingerprint density at radius 3 is 2.83 bits per heavy atom. The number of nitrogens with one attached hydrogen (secondary N) is 2. The molecule has 1 aromatic rings. The molecule has 0 radical (unpaired) electrons. The molecule has 1 aromatic heterocycles. The Hall–Kier alpha value is -0.830. The number of H-pyrrole nitrogens is 1. The van der Waals surface area contributed by atoms with Crippen LogP contribution in [0.5, 0.6) is 0 Å². The number of hydrogen-bond donors (Lipinski definition) is 3. The van der Waals surface area contributed by atoms with E-state index in [0.29, 0.717) is 17.5 Å². The zero-order valence-electron chi connectivity index (χ0n) is 10.4. The molecular formula is C10H19N5O2S. The molecule has 1 aliphatic heterocycles. The number of piperazine rings is 1. The SMILES string of the molecule is Cn1c(SCC(O)CN2CCNCC2)n[nH]c1=O. The topological polar surface area (TPSA) is 86.2 Å². The highest BCUT2D eigenvalue weighted by atomic mass is 32.2. The summed E-state index contributed by atoms with van der Waals surface area (Å²) in [5.41, 5.74) is -0.228. The van der Waals surface area contributed by atoms with Gasteiger partial charge in [-0.1, -0.05) is 11.8 Å². The molecule has 102 valence electrons. The highest BCUT2D eigenvalue weighted by Gasteiger charge is 2.15. The first-order chi connectivity index (χ1) is 8.66. The third-order valence-corrected chi connectivity index (χ3v) is 4.10. The molecule has 18 heavy (non-hydrogen) atoms. The van der Waals surface area contributed by atoms with E-state index in [2.05, 4.69) is 20.4 Å². The predicted molar refractivity (Wildman–Crippen MR) is 69.9 cm³/mol. The number of aliphatic hydroxyl groups excluding tert-OH is 1. The Balaban J connectivity index is 1.75. The van der Waals surface area contributed by atoms with Gasteiger partial charge in [0.15, 0.2) is 5.16 Å². The van der Waals surface area contributed by atoms with Crippen molar-refractivity contribution in [3.8, 4) is 0 Å². The lowest BCUT2D eigenvalue weighted by Gasteiger charge is -2.28. The molecule has 1 unspecified atom stereocenters. The highest BCUT2D eigenvalue weighted by Crippen LogP contribution is 2.13. The molecule has 1 atom stereocenters. The fourth-order valence-electron chi connectivity index (χ4n) is 1.88. The molecule has 1 fully saturated rings. The minimum Gasteiger partial charge on any atom is -0.391 e. The van der Waals surface area contributed by atoms with Gasteiger partial charge in [-0.3, -0.25) is 9.47 Å². The smallest absolute Gasteiger partial charge is 0.343 e. The van der Waals surface area contributed by atoms with Gasteiger partial charge < -0.3 is 10.4 Å². The first kappa shape index (κ1) is 13.6. The van der Waals surface area contributed by atoms with Crippen molar-refractivity contribution in [2.75, 3.05) is 38.5 Å². The van der Waals surface area contributed by atoms with E-state index in [1.54, 1.807) is 7.05 Å². The molecule has 3 N–H and O–H groups in total. The maximum atomic E-state index is 11.2. The summed E-state index contributed by atoms with van der Waals surface area (Å²) in [7, 11) is 1.66.